The Labute approximate surface area is 119 Å². The molecule has 0 bridgehead atoms. The highest BCUT2D eigenvalue weighted by molar-refractivity contribution is 5.77. The number of benzene rings is 1. The summed E-state index contributed by atoms with van der Waals surface area (Å²) in [5.41, 5.74) is 4.67. The number of hydrogen-bond donors (Lipinski definition) is 2. The Balaban J connectivity index is 0.000000956. The topological polar surface area (TPSA) is 49.8 Å². The first kappa shape index (κ1) is 15.8. The highest BCUT2D eigenvalue weighted by Crippen LogP contribution is 2.05. The minimum absolute atomic E-state index is 0.0742. The van der Waals surface area contributed by atoms with E-state index in [1.807, 2.05) is 63.3 Å². The molecule has 4 heteroatoms. The normalized spacial score (nSPS) is 11.5. The molecule has 1 aromatic heterocycles. The molecule has 0 saturated heterocycles. The van der Waals surface area contributed by atoms with Gasteiger partial charge in [0.15, 0.2) is 0 Å². The molecule has 108 valence electrons. The predicted octanol–water partition coefficient (Wildman–Crippen LogP) is 3.77. The summed E-state index contributed by atoms with van der Waals surface area (Å²) in [4.78, 5) is 13.5. The van der Waals surface area contributed by atoms with E-state index in [9.17, 15) is 4.79 Å². The molecule has 0 aliphatic heterocycles. The number of nitrogens with zero attached hydrogens (tertiary/aromatic N) is 1. The Morgan fingerprint density at radius 1 is 1.35 bits per heavy atom. The van der Waals surface area contributed by atoms with Crippen molar-refractivity contribution in [3.05, 3.63) is 58.5 Å². The van der Waals surface area contributed by atoms with Gasteiger partial charge in [-0.05, 0) is 31.6 Å². The van der Waals surface area contributed by atoms with Crippen LogP contribution in [-0.2, 0) is 0 Å². The standard InChI is InChI=1S/C14H17N3O.C2H6/c1-3-5-8-11(4-2)15-17-14(18)12-9-6-7-10-13(12)16-17;1-2/h4-10,15-16H,3H2,1-2H3;1-2H3/b8-5-,11-4+;. The van der Waals surface area contributed by atoms with Gasteiger partial charge in [0.25, 0.3) is 5.56 Å². The van der Waals surface area contributed by atoms with E-state index in [-0.39, 0.29) is 5.56 Å². The lowest BCUT2D eigenvalue weighted by atomic mass is 10.3. The second-order valence-electron chi connectivity index (χ2n) is 3.96. The van der Waals surface area contributed by atoms with Crippen molar-refractivity contribution in [2.75, 3.05) is 5.43 Å². The van der Waals surface area contributed by atoms with E-state index < -0.39 is 0 Å². The Bertz CT molecular complexity index is 647. The molecule has 0 saturated carbocycles. The first-order valence-electron chi connectivity index (χ1n) is 7.06. The van der Waals surface area contributed by atoms with E-state index in [4.69, 9.17) is 0 Å². The molecular weight excluding hydrogens is 250 g/mol. The lowest BCUT2D eigenvalue weighted by molar-refractivity contribution is 0.771. The summed E-state index contributed by atoms with van der Waals surface area (Å²) in [6.07, 6.45) is 6.87. The first-order chi connectivity index (χ1) is 9.76. The Morgan fingerprint density at radius 3 is 2.65 bits per heavy atom. The van der Waals surface area contributed by atoms with Crippen LogP contribution < -0.4 is 11.0 Å². The van der Waals surface area contributed by atoms with E-state index in [2.05, 4.69) is 17.4 Å². The Kier molecular flexibility index (Phi) is 6.37. The number of fused-ring (bicyclic) bond motifs is 1. The molecule has 20 heavy (non-hydrogen) atoms. The van der Waals surface area contributed by atoms with Gasteiger partial charge < -0.3 is 0 Å². The summed E-state index contributed by atoms with van der Waals surface area (Å²) in [5.74, 6) is 0. The molecule has 0 aliphatic rings. The zero-order chi connectivity index (χ0) is 15.0. The molecule has 0 atom stereocenters. The summed E-state index contributed by atoms with van der Waals surface area (Å²) < 4.78 is 0. The summed E-state index contributed by atoms with van der Waals surface area (Å²) >= 11 is 0. The molecule has 0 amide bonds. The lowest BCUT2D eigenvalue weighted by Gasteiger charge is -2.05. The monoisotopic (exact) mass is 273 g/mol. The number of H-pyrrole nitrogens is 1. The summed E-state index contributed by atoms with van der Waals surface area (Å²) in [7, 11) is 0. The van der Waals surface area contributed by atoms with Crippen LogP contribution in [-0.4, -0.2) is 9.89 Å². The number of hydrogen-bond acceptors (Lipinski definition) is 2. The number of allylic oxidation sites excluding steroid dienone is 3. The van der Waals surface area contributed by atoms with Crippen LogP contribution >= 0.6 is 0 Å². The van der Waals surface area contributed by atoms with Crippen LogP contribution in [0.15, 0.2) is 53.0 Å². The highest BCUT2D eigenvalue weighted by Gasteiger charge is 2.05. The molecule has 2 rings (SSSR count). The van der Waals surface area contributed by atoms with E-state index >= 15 is 0 Å². The Morgan fingerprint density at radius 2 is 2.05 bits per heavy atom. The number of aromatic amines is 1. The van der Waals surface area contributed by atoms with E-state index in [1.165, 1.54) is 4.79 Å². The molecule has 0 aliphatic carbocycles. The molecule has 4 nitrogen and oxygen atoms in total. The van der Waals surface area contributed by atoms with Crippen LogP contribution in [0.5, 0.6) is 0 Å². The van der Waals surface area contributed by atoms with Crippen LogP contribution in [0.4, 0.5) is 0 Å². The zero-order valence-corrected chi connectivity index (χ0v) is 12.6. The van der Waals surface area contributed by atoms with Crippen molar-refractivity contribution in [1.29, 1.82) is 0 Å². The molecule has 2 N–H and O–H groups in total. The van der Waals surface area contributed by atoms with Crippen molar-refractivity contribution in [2.24, 2.45) is 0 Å². The predicted molar refractivity (Wildman–Crippen MR) is 86.5 cm³/mol. The third-order valence-corrected chi connectivity index (χ3v) is 2.68. The molecule has 0 radical (unpaired) electrons. The fraction of sp³-hybridized carbons (Fsp3) is 0.312. The summed E-state index contributed by atoms with van der Waals surface area (Å²) in [6.45, 7) is 7.99. The summed E-state index contributed by atoms with van der Waals surface area (Å²) in [5, 5.41) is 3.70. The zero-order valence-electron chi connectivity index (χ0n) is 12.6. The molecule has 1 heterocycles. The smallest absolute Gasteiger partial charge is 0.277 e. The van der Waals surface area contributed by atoms with Crippen molar-refractivity contribution in [3.8, 4) is 0 Å². The number of rotatable bonds is 4. The summed E-state index contributed by atoms with van der Waals surface area (Å²) in [6, 6.07) is 7.45. The average molecular weight is 273 g/mol. The second kappa shape index (κ2) is 8.04. The van der Waals surface area contributed by atoms with Crippen LogP contribution in [0.25, 0.3) is 10.9 Å². The van der Waals surface area contributed by atoms with Crippen molar-refractivity contribution in [1.82, 2.24) is 9.89 Å². The van der Waals surface area contributed by atoms with Crippen LogP contribution in [0.2, 0.25) is 0 Å². The van der Waals surface area contributed by atoms with E-state index in [0.29, 0.717) is 5.39 Å². The van der Waals surface area contributed by atoms with Gasteiger partial charge >= 0.3 is 0 Å². The molecule has 2 aromatic rings. The van der Waals surface area contributed by atoms with Crippen molar-refractivity contribution in [2.45, 2.75) is 34.1 Å². The average Bonchev–Trinajstić information content (AvgIpc) is 2.82. The molecular formula is C16H23N3O. The minimum Gasteiger partial charge on any atom is -0.277 e. The SMILES string of the molecule is C/C=C(\C=C/CC)Nn1[nH]c2ccccc2c1=O.CC. The van der Waals surface area contributed by atoms with Gasteiger partial charge in [-0.1, -0.05) is 45.1 Å². The number of nitrogens with one attached hydrogen (secondary N) is 2. The van der Waals surface area contributed by atoms with Crippen molar-refractivity contribution >= 4 is 10.9 Å². The van der Waals surface area contributed by atoms with Crippen LogP contribution in [0.3, 0.4) is 0 Å². The van der Waals surface area contributed by atoms with Gasteiger partial charge in [-0.25, -0.2) is 0 Å². The van der Waals surface area contributed by atoms with Gasteiger partial charge in [0.05, 0.1) is 16.6 Å². The van der Waals surface area contributed by atoms with Crippen LogP contribution in [0.1, 0.15) is 34.1 Å². The molecule has 0 spiro atoms. The largest absolute Gasteiger partial charge is 0.293 e. The van der Waals surface area contributed by atoms with Crippen LogP contribution in [0, 0.1) is 0 Å². The first-order valence-corrected chi connectivity index (χ1v) is 7.06. The quantitative estimate of drug-likeness (QED) is 0.833. The van der Waals surface area contributed by atoms with Gasteiger partial charge in [-0.15, -0.1) is 0 Å². The second-order valence-corrected chi connectivity index (χ2v) is 3.96. The third kappa shape index (κ3) is 3.63. The third-order valence-electron chi connectivity index (χ3n) is 2.68. The fourth-order valence-corrected chi connectivity index (χ4v) is 1.71. The molecule has 0 unspecified atom stereocenters. The van der Waals surface area contributed by atoms with Crippen molar-refractivity contribution in [3.63, 3.8) is 0 Å². The maximum atomic E-state index is 12.1. The minimum atomic E-state index is -0.0742. The molecule has 1 aromatic carbocycles. The highest BCUT2D eigenvalue weighted by atomic mass is 16.1. The lowest BCUT2D eigenvalue weighted by Crippen LogP contribution is -2.26. The fourth-order valence-electron chi connectivity index (χ4n) is 1.71. The van der Waals surface area contributed by atoms with E-state index in [1.54, 1.807) is 0 Å². The maximum absolute atomic E-state index is 12.1. The number of aromatic nitrogens is 2. The van der Waals surface area contributed by atoms with Gasteiger partial charge in [-0.3, -0.25) is 15.3 Å². The van der Waals surface area contributed by atoms with Crippen molar-refractivity contribution < 1.29 is 0 Å². The molecule has 0 fully saturated rings. The van der Waals surface area contributed by atoms with Gasteiger partial charge in [0.1, 0.15) is 0 Å². The Hall–Kier alpha value is -2.23. The van der Waals surface area contributed by atoms with Gasteiger partial charge in [0.2, 0.25) is 0 Å². The maximum Gasteiger partial charge on any atom is 0.293 e. The number of para-hydroxylation sites is 1. The van der Waals surface area contributed by atoms with Gasteiger partial charge in [0, 0.05) is 0 Å². The van der Waals surface area contributed by atoms with Gasteiger partial charge in [-0.2, -0.15) is 4.79 Å². The van der Waals surface area contributed by atoms with E-state index in [0.717, 1.165) is 17.6 Å².